The lowest BCUT2D eigenvalue weighted by molar-refractivity contribution is 0.0520. The van der Waals surface area contributed by atoms with Crippen LogP contribution >= 0.6 is 0 Å². The molecule has 0 atom stereocenters. The van der Waals surface area contributed by atoms with E-state index in [4.69, 9.17) is 9.47 Å². The van der Waals surface area contributed by atoms with Crippen molar-refractivity contribution in [1.29, 1.82) is 0 Å². The van der Waals surface area contributed by atoms with Crippen LogP contribution in [0.4, 0.5) is 0 Å². The smallest absolute Gasteiger partial charge is 0.343 e. The predicted molar refractivity (Wildman–Crippen MR) is 83.2 cm³/mol. The summed E-state index contributed by atoms with van der Waals surface area (Å²) in [7, 11) is 0. The maximum absolute atomic E-state index is 12.2. The normalized spacial score (nSPS) is 10.1. The van der Waals surface area contributed by atoms with Crippen LogP contribution in [-0.4, -0.2) is 18.5 Å². The van der Waals surface area contributed by atoms with Crippen LogP contribution in [0.5, 0.6) is 5.75 Å². The van der Waals surface area contributed by atoms with Gasteiger partial charge in [-0.2, -0.15) is 0 Å². The molecule has 0 saturated heterocycles. The van der Waals surface area contributed by atoms with Gasteiger partial charge in [0.25, 0.3) is 0 Å². The molecule has 2 aromatic carbocycles. The second-order valence-electron chi connectivity index (χ2n) is 4.66. The van der Waals surface area contributed by atoms with Crippen LogP contribution in [0.3, 0.4) is 0 Å². The number of ether oxygens (including phenoxy) is 2. The number of para-hydroxylation sites is 1. The van der Waals surface area contributed by atoms with E-state index >= 15 is 0 Å². The summed E-state index contributed by atoms with van der Waals surface area (Å²) in [6, 6.07) is 13.7. The summed E-state index contributed by atoms with van der Waals surface area (Å²) in [5, 5.41) is 0. The molecule has 0 saturated carbocycles. The Kier molecular flexibility index (Phi) is 5.31. The number of benzene rings is 2. The zero-order chi connectivity index (χ0) is 15.9. The minimum atomic E-state index is -0.507. The van der Waals surface area contributed by atoms with E-state index < -0.39 is 11.9 Å². The molecule has 0 aliphatic carbocycles. The van der Waals surface area contributed by atoms with Crippen molar-refractivity contribution in [3.05, 3.63) is 65.2 Å². The second kappa shape index (κ2) is 7.41. The highest BCUT2D eigenvalue weighted by atomic mass is 16.5. The molecular formula is C18H18O4. The fraction of sp³-hybridized carbons (Fsp3) is 0.222. The van der Waals surface area contributed by atoms with Gasteiger partial charge in [-0.15, -0.1) is 0 Å². The zero-order valence-electron chi connectivity index (χ0n) is 12.7. The number of carbonyl (C=O) groups is 2. The summed E-state index contributed by atoms with van der Waals surface area (Å²) < 4.78 is 10.3. The zero-order valence-corrected chi connectivity index (χ0v) is 12.7. The van der Waals surface area contributed by atoms with Gasteiger partial charge in [0, 0.05) is 0 Å². The van der Waals surface area contributed by atoms with E-state index in [1.54, 1.807) is 43.3 Å². The first-order valence-corrected chi connectivity index (χ1v) is 7.23. The topological polar surface area (TPSA) is 52.6 Å². The quantitative estimate of drug-likeness (QED) is 0.624. The number of carbonyl (C=O) groups excluding carboxylic acids is 2. The van der Waals surface area contributed by atoms with Gasteiger partial charge < -0.3 is 9.47 Å². The molecule has 0 N–H and O–H groups in total. The van der Waals surface area contributed by atoms with Gasteiger partial charge in [0.05, 0.1) is 12.2 Å². The average molecular weight is 298 g/mol. The van der Waals surface area contributed by atoms with E-state index in [0.29, 0.717) is 5.56 Å². The lowest BCUT2D eigenvalue weighted by Gasteiger charge is -2.09. The van der Waals surface area contributed by atoms with Crippen molar-refractivity contribution in [1.82, 2.24) is 0 Å². The standard InChI is InChI=1S/C18H18O4/c1-3-13-9-11-14(12-10-13)17(19)22-16-8-6-5-7-15(16)18(20)21-4-2/h5-12H,3-4H2,1-2H3. The van der Waals surface area contributed by atoms with E-state index in [9.17, 15) is 9.59 Å². The van der Waals surface area contributed by atoms with Gasteiger partial charge in [0.15, 0.2) is 0 Å². The summed E-state index contributed by atoms with van der Waals surface area (Å²) in [5.41, 5.74) is 1.82. The molecule has 0 aliphatic heterocycles. The molecule has 4 heteroatoms. The molecule has 4 nitrogen and oxygen atoms in total. The van der Waals surface area contributed by atoms with Gasteiger partial charge in [0.1, 0.15) is 11.3 Å². The van der Waals surface area contributed by atoms with Crippen LogP contribution in [-0.2, 0) is 11.2 Å². The van der Waals surface area contributed by atoms with Crippen LogP contribution < -0.4 is 4.74 Å². The van der Waals surface area contributed by atoms with Crippen LogP contribution in [0.2, 0.25) is 0 Å². The highest BCUT2D eigenvalue weighted by Crippen LogP contribution is 2.20. The number of hydrogen-bond acceptors (Lipinski definition) is 4. The minimum absolute atomic E-state index is 0.200. The van der Waals surface area contributed by atoms with Gasteiger partial charge in [-0.05, 0) is 43.2 Å². The highest BCUT2D eigenvalue weighted by molar-refractivity contribution is 5.96. The van der Waals surface area contributed by atoms with E-state index in [1.807, 2.05) is 19.1 Å². The van der Waals surface area contributed by atoms with Gasteiger partial charge >= 0.3 is 11.9 Å². The number of aryl methyl sites for hydroxylation is 1. The second-order valence-corrected chi connectivity index (χ2v) is 4.66. The van der Waals surface area contributed by atoms with Gasteiger partial charge in [-0.3, -0.25) is 0 Å². The first-order valence-electron chi connectivity index (χ1n) is 7.23. The Morgan fingerprint density at radius 3 is 2.23 bits per heavy atom. The summed E-state index contributed by atoms with van der Waals surface area (Å²) >= 11 is 0. The molecule has 0 spiro atoms. The number of hydrogen-bond donors (Lipinski definition) is 0. The third-order valence-corrected chi connectivity index (χ3v) is 3.18. The Hall–Kier alpha value is -2.62. The third-order valence-electron chi connectivity index (χ3n) is 3.18. The van der Waals surface area contributed by atoms with Crippen molar-refractivity contribution in [3.63, 3.8) is 0 Å². The van der Waals surface area contributed by atoms with E-state index in [1.165, 1.54) is 0 Å². The summed E-state index contributed by atoms with van der Waals surface area (Å²) in [6.07, 6.45) is 0.904. The molecule has 0 bridgehead atoms. The Morgan fingerprint density at radius 2 is 1.59 bits per heavy atom. The molecule has 2 aromatic rings. The fourth-order valence-electron chi connectivity index (χ4n) is 1.97. The number of rotatable bonds is 5. The summed E-state index contributed by atoms with van der Waals surface area (Å²) in [6.45, 7) is 4.03. The van der Waals surface area contributed by atoms with Crippen molar-refractivity contribution >= 4 is 11.9 Å². The summed E-state index contributed by atoms with van der Waals surface area (Å²) in [5.74, 6) is -0.808. The molecular weight excluding hydrogens is 280 g/mol. The molecule has 0 unspecified atom stereocenters. The van der Waals surface area contributed by atoms with Crippen LogP contribution in [0.25, 0.3) is 0 Å². The largest absolute Gasteiger partial charge is 0.462 e. The van der Waals surface area contributed by atoms with E-state index in [2.05, 4.69) is 0 Å². The molecule has 0 radical (unpaired) electrons. The first-order chi connectivity index (χ1) is 10.7. The summed E-state index contributed by atoms with van der Waals surface area (Å²) in [4.78, 5) is 24.0. The van der Waals surface area contributed by atoms with Crippen LogP contribution in [0.15, 0.2) is 48.5 Å². The van der Waals surface area contributed by atoms with Crippen molar-refractivity contribution in [2.45, 2.75) is 20.3 Å². The Labute approximate surface area is 129 Å². The van der Waals surface area contributed by atoms with Crippen LogP contribution in [0.1, 0.15) is 40.1 Å². The van der Waals surface area contributed by atoms with Crippen molar-refractivity contribution < 1.29 is 19.1 Å². The lowest BCUT2D eigenvalue weighted by Crippen LogP contribution is -2.13. The van der Waals surface area contributed by atoms with E-state index in [-0.39, 0.29) is 17.9 Å². The number of esters is 2. The molecule has 22 heavy (non-hydrogen) atoms. The molecule has 114 valence electrons. The fourth-order valence-corrected chi connectivity index (χ4v) is 1.97. The first kappa shape index (κ1) is 15.8. The molecule has 0 fully saturated rings. The molecule has 0 aliphatic rings. The van der Waals surface area contributed by atoms with Crippen molar-refractivity contribution in [2.75, 3.05) is 6.61 Å². The Bertz CT molecular complexity index is 659. The van der Waals surface area contributed by atoms with Crippen molar-refractivity contribution in [2.24, 2.45) is 0 Å². The molecule has 0 aromatic heterocycles. The Morgan fingerprint density at radius 1 is 0.909 bits per heavy atom. The minimum Gasteiger partial charge on any atom is -0.462 e. The molecule has 0 amide bonds. The molecule has 2 rings (SSSR count). The van der Waals surface area contributed by atoms with Gasteiger partial charge in [0.2, 0.25) is 0 Å². The third kappa shape index (κ3) is 3.73. The van der Waals surface area contributed by atoms with Crippen LogP contribution in [0, 0.1) is 0 Å². The maximum atomic E-state index is 12.2. The SMILES string of the molecule is CCOC(=O)c1ccccc1OC(=O)c1ccc(CC)cc1. The molecule has 0 heterocycles. The predicted octanol–water partition coefficient (Wildman–Crippen LogP) is 3.64. The monoisotopic (exact) mass is 298 g/mol. The van der Waals surface area contributed by atoms with Crippen molar-refractivity contribution in [3.8, 4) is 5.75 Å². The lowest BCUT2D eigenvalue weighted by atomic mass is 10.1. The van der Waals surface area contributed by atoms with Gasteiger partial charge in [-0.1, -0.05) is 31.2 Å². The average Bonchev–Trinajstić information content (AvgIpc) is 2.55. The van der Waals surface area contributed by atoms with Gasteiger partial charge in [-0.25, -0.2) is 9.59 Å². The highest BCUT2D eigenvalue weighted by Gasteiger charge is 2.16. The Balaban J connectivity index is 2.19. The maximum Gasteiger partial charge on any atom is 0.343 e. The van der Waals surface area contributed by atoms with E-state index in [0.717, 1.165) is 12.0 Å².